The molecule has 21 heavy (non-hydrogen) atoms. The Labute approximate surface area is 132 Å². The summed E-state index contributed by atoms with van der Waals surface area (Å²) in [6.45, 7) is 4.97. The Bertz CT molecular complexity index is 502. The Morgan fingerprint density at radius 2 is 1.95 bits per heavy atom. The van der Waals surface area contributed by atoms with Crippen molar-refractivity contribution in [2.24, 2.45) is 0 Å². The number of allylic oxidation sites excluding steroid dienone is 1. The van der Waals surface area contributed by atoms with Crippen LogP contribution in [0.5, 0.6) is 0 Å². The first-order valence-corrected chi connectivity index (χ1v) is 8.88. The van der Waals surface area contributed by atoms with Crippen molar-refractivity contribution in [1.29, 1.82) is 0 Å². The zero-order valence-electron chi connectivity index (χ0n) is 13.1. The molecule has 0 saturated heterocycles. The molecule has 1 N–H and O–H groups in total. The maximum absolute atomic E-state index is 11.9. The molecule has 0 atom stereocenters. The minimum Gasteiger partial charge on any atom is -0.352 e. The van der Waals surface area contributed by atoms with Crippen LogP contribution in [-0.2, 0) is 10.5 Å². The summed E-state index contributed by atoms with van der Waals surface area (Å²) < 4.78 is 0. The van der Waals surface area contributed by atoms with Crippen molar-refractivity contribution in [2.75, 3.05) is 12.3 Å². The Kier molecular flexibility index (Phi) is 6.37. The molecule has 2 rings (SSSR count). The molecule has 0 spiro atoms. The summed E-state index contributed by atoms with van der Waals surface area (Å²) in [5.41, 5.74) is 5.28. The first-order valence-electron chi connectivity index (χ1n) is 7.73. The lowest BCUT2D eigenvalue weighted by atomic mass is 10.00. The van der Waals surface area contributed by atoms with Gasteiger partial charge in [0.05, 0.1) is 5.75 Å². The number of carbonyl (C=O) groups excluding carboxylic acids is 1. The number of benzene rings is 1. The highest BCUT2D eigenvalue weighted by molar-refractivity contribution is 7.99. The highest BCUT2D eigenvalue weighted by Crippen LogP contribution is 2.17. The van der Waals surface area contributed by atoms with Gasteiger partial charge in [0.2, 0.25) is 5.91 Å². The van der Waals surface area contributed by atoms with Crippen LogP contribution in [-0.4, -0.2) is 18.2 Å². The molecule has 0 unspecified atom stereocenters. The van der Waals surface area contributed by atoms with Gasteiger partial charge in [0.1, 0.15) is 0 Å². The van der Waals surface area contributed by atoms with E-state index in [4.69, 9.17) is 0 Å². The van der Waals surface area contributed by atoms with Gasteiger partial charge in [0, 0.05) is 12.3 Å². The lowest BCUT2D eigenvalue weighted by molar-refractivity contribution is -0.118. The highest BCUT2D eigenvalue weighted by atomic mass is 32.2. The fourth-order valence-corrected chi connectivity index (χ4v) is 3.53. The molecule has 0 saturated carbocycles. The molecule has 0 fully saturated rings. The van der Waals surface area contributed by atoms with Gasteiger partial charge in [-0.1, -0.05) is 41.0 Å². The zero-order chi connectivity index (χ0) is 15.1. The highest BCUT2D eigenvalue weighted by Gasteiger charge is 2.06. The maximum Gasteiger partial charge on any atom is 0.230 e. The summed E-state index contributed by atoms with van der Waals surface area (Å²) in [6.07, 6.45) is 7.17. The van der Waals surface area contributed by atoms with Crippen LogP contribution in [0.15, 0.2) is 29.8 Å². The van der Waals surface area contributed by atoms with E-state index in [-0.39, 0.29) is 5.91 Å². The van der Waals surface area contributed by atoms with Gasteiger partial charge in [0.15, 0.2) is 0 Å². The topological polar surface area (TPSA) is 29.1 Å². The lowest BCUT2D eigenvalue weighted by Crippen LogP contribution is -2.27. The van der Waals surface area contributed by atoms with Crippen LogP contribution in [0.25, 0.3) is 0 Å². The number of nitrogens with one attached hydrogen (secondary N) is 1. The fraction of sp³-hybridized carbons (Fsp3) is 0.500. The molecule has 0 heterocycles. The summed E-state index contributed by atoms with van der Waals surface area (Å²) in [5.74, 6) is 1.59. The summed E-state index contributed by atoms with van der Waals surface area (Å²) in [6, 6.07) is 6.58. The second kappa shape index (κ2) is 8.28. The van der Waals surface area contributed by atoms with Crippen LogP contribution < -0.4 is 5.32 Å². The minimum absolute atomic E-state index is 0.149. The Morgan fingerprint density at radius 3 is 2.62 bits per heavy atom. The SMILES string of the molecule is Cc1cc(C)cc(CSCC(=O)NCC2=CCCCC2)c1. The number of rotatable bonds is 6. The van der Waals surface area contributed by atoms with Crippen LogP contribution in [0.4, 0.5) is 0 Å². The van der Waals surface area contributed by atoms with Crippen molar-refractivity contribution in [3.8, 4) is 0 Å². The van der Waals surface area contributed by atoms with Crippen molar-refractivity contribution >= 4 is 17.7 Å². The van der Waals surface area contributed by atoms with Crippen molar-refractivity contribution in [2.45, 2.75) is 45.3 Å². The first-order chi connectivity index (χ1) is 10.1. The number of thioether (sulfide) groups is 1. The van der Waals surface area contributed by atoms with Crippen molar-refractivity contribution in [1.82, 2.24) is 5.32 Å². The molecule has 0 aliphatic heterocycles. The zero-order valence-corrected chi connectivity index (χ0v) is 13.9. The molecule has 0 aromatic heterocycles. The molecule has 1 aromatic rings. The minimum atomic E-state index is 0.149. The second-order valence-electron chi connectivity index (χ2n) is 5.87. The molecule has 1 aliphatic rings. The van der Waals surface area contributed by atoms with Crippen molar-refractivity contribution in [3.63, 3.8) is 0 Å². The molecule has 0 bridgehead atoms. The van der Waals surface area contributed by atoms with Crippen molar-refractivity contribution < 1.29 is 4.79 Å². The van der Waals surface area contributed by atoms with Gasteiger partial charge in [-0.3, -0.25) is 4.79 Å². The average molecular weight is 303 g/mol. The van der Waals surface area contributed by atoms with E-state index in [1.807, 2.05) is 0 Å². The van der Waals surface area contributed by atoms with E-state index in [0.29, 0.717) is 5.75 Å². The third-order valence-corrected chi connectivity index (χ3v) is 4.68. The summed E-state index contributed by atoms with van der Waals surface area (Å²) >= 11 is 1.69. The molecule has 3 heteroatoms. The van der Waals surface area contributed by atoms with Gasteiger partial charge < -0.3 is 5.32 Å². The number of amides is 1. The third kappa shape index (κ3) is 5.96. The second-order valence-corrected chi connectivity index (χ2v) is 6.86. The van der Waals surface area contributed by atoms with Gasteiger partial charge in [-0.2, -0.15) is 0 Å². The smallest absolute Gasteiger partial charge is 0.230 e. The molecule has 1 amide bonds. The van der Waals surface area contributed by atoms with E-state index < -0.39 is 0 Å². The van der Waals surface area contributed by atoms with E-state index in [1.165, 1.54) is 41.5 Å². The van der Waals surface area contributed by atoms with E-state index in [2.05, 4.69) is 43.4 Å². The van der Waals surface area contributed by atoms with E-state index in [1.54, 1.807) is 11.8 Å². The number of hydrogen-bond acceptors (Lipinski definition) is 2. The predicted molar refractivity (Wildman–Crippen MR) is 91.6 cm³/mol. The largest absolute Gasteiger partial charge is 0.352 e. The molecule has 1 aliphatic carbocycles. The average Bonchev–Trinajstić information content (AvgIpc) is 2.45. The molecular formula is C18H25NOS. The predicted octanol–water partition coefficient (Wildman–Crippen LogP) is 4.15. The Balaban J connectivity index is 1.68. The maximum atomic E-state index is 11.9. The Morgan fingerprint density at radius 1 is 1.19 bits per heavy atom. The first kappa shape index (κ1) is 16.2. The van der Waals surface area contributed by atoms with E-state index >= 15 is 0 Å². The van der Waals surface area contributed by atoms with Gasteiger partial charge in [0.25, 0.3) is 0 Å². The van der Waals surface area contributed by atoms with Crippen LogP contribution in [0.2, 0.25) is 0 Å². The number of carbonyl (C=O) groups is 1. The molecule has 0 radical (unpaired) electrons. The van der Waals surface area contributed by atoms with E-state index in [9.17, 15) is 4.79 Å². The summed E-state index contributed by atoms with van der Waals surface area (Å²) in [4.78, 5) is 11.9. The quantitative estimate of drug-likeness (QED) is 0.800. The monoisotopic (exact) mass is 303 g/mol. The number of hydrogen-bond donors (Lipinski definition) is 1. The van der Waals surface area contributed by atoms with Gasteiger partial charge in [-0.25, -0.2) is 0 Å². The Hall–Kier alpha value is -1.22. The van der Waals surface area contributed by atoms with Gasteiger partial charge in [-0.15, -0.1) is 11.8 Å². The number of aryl methyl sites for hydroxylation is 2. The molecular weight excluding hydrogens is 278 g/mol. The third-order valence-electron chi connectivity index (χ3n) is 3.68. The van der Waals surface area contributed by atoms with Crippen LogP contribution >= 0.6 is 11.8 Å². The van der Waals surface area contributed by atoms with Crippen LogP contribution in [0, 0.1) is 13.8 Å². The summed E-state index contributed by atoms with van der Waals surface area (Å²) in [5, 5.41) is 3.03. The molecule has 2 nitrogen and oxygen atoms in total. The van der Waals surface area contributed by atoms with E-state index in [0.717, 1.165) is 18.7 Å². The van der Waals surface area contributed by atoms with Gasteiger partial charge in [-0.05, 0) is 45.1 Å². The van der Waals surface area contributed by atoms with Crippen LogP contribution in [0.1, 0.15) is 42.4 Å². The normalized spacial score (nSPS) is 14.7. The molecule has 1 aromatic carbocycles. The van der Waals surface area contributed by atoms with Gasteiger partial charge >= 0.3 is 0 Å². The summed E-state index contributed by atoms with van der Waals surface area (Å²) in [7, 11) is 0. The van der Waals surface area contributed by atoms with Crippen LogP contribution in [0.3, 0.4) is 0 Å². The lowest BCUT2D eigenvalue weighted by Gasteiger charge is -2.13. The van der Waals surface area contributed by atoms with Crippen molar-refractivity contribution in [3.05, 3.63) is 46.5 Å². The fourth-order valence-electron chi connectivity index (χ4n) is 2.74. The standard InChI is InChI=1S/C18H25NOS/c1-14-8-15(2)10-17(9-14)12-21-13-18(20)19-11-16-6-4-3-5-7-16/h6,8-10H,3-5,7,11-13H2,1-2H3,(H,19,20). The molecule has 114 valence electrons.